The molecule has 2 aromatic carbocycles. The van der Waals surface area contributed by atoms with Crippen molar-refractivity contribution in [2.45, 2.75) is 44.7 Å². The van der Waals surface area contributed by atoms with Gasteiger partial charge in [-0.15, -0.1) is 0 Å². The van der Waals surface area contributed by atoms with E-state index in [9.17, 15) is 14.9 Å². The van der Waals surface area contributed by atoms with E-state index in [4.69, 9.17) is 11.6 Å². The quantitative estimate of drug-likeness (QED) is 0.280. The van der Waals surface area contributed by atoms with Gasteiger partial charge in [0.15, 0.2) is 5.15 Å². The lowest BCUT2D eigenvalue weighted by atomic mass is 9.85. The summed E-state index contributed by atoms with van der Waals surface area (Å²) in [6, 6.07) is 21.1. The average molecular weight is 569 g/mol. The van der Waals surface area contributed by atoms with Crippen LogP contribution in [0.5, 0.6) is 0 Å². The number of likely N-dealkylation sites (N-methyl/N-ethyl adjacent to an activating group) is 1. The van der Waals surface area contributed by atoms with E-state index in [1.807, 2.05) is 13.0 Å². The van der Waals surface area contributed by atoms with Gasteiger partial charge in [0.1, 0.15) is 5.54 Å². The largest absolute Gasteiger partial charge is 0.372 e. The standard InChI is InChI=1S/C32H33ClN6O2/c1-2-38-31(41)39(28-13-12-27(35-29(28)33)25-7-5-6-24(20-25)21-34)30(40)32(38)14-18-36(19-15-32)22-23-8-10-26(11-9-23)37-16-3-4-17-37/h5-13,20H,2-4,14-19,22H2,1H3. The highest BCUT2D eigenvalue weighted by molar-refractivity contribution is 6.35. The Morgan fingerprint density at radius 2 is 1.71 bits per heavy atom. The molecule has 0 N–H and O–H groups in total. The number of nitriles is 1. The van der Waals surface area contributed by atoms with Gasteiger partial charge in [-0.1, -0.05) is 35.9 Å². The number of urea groups is 1. The van der Waals surface area contributed by atoms with Gasteiger partial charge in [0.2, 0.25) is 0 Å². The maximum absolute atomic E-state index is 14.0. The number of rotatable bonds is 6. The molecule has 3 amide bonds. The summed E-state index contributed by atoms with van der Waals surface area (Å²) in [5.74, 6) is -0.234. The first-order valence-electron chi connectivity index (χ1n) is 14.3. The Labute approximate surface area is 245 Å². The molecule has 8 nitrogen and oxygen atoms in total. The first-order valence-corrected chi connectivity index (χ1v) is 14.7. The summed E-state index contributed by atoms with van der Waals surface area (Å²) in [7, 11) is 0. The molecule has 6 rings (SSSR count). The molecule has 1 spiro atoms. The maximum Gasteiger partial charge on any atom is 0.332 e. The van der Waals surface area contributed by atoms with E-state index in [0.717, 1.165) is 38.3 Å². The number of nitrogens with zero attached hydrogens (tertiary/aromatic N) is 6. The van der Waals surface area contributed by atoms with E-state index in [1.54, 1.807) is 35.2 Å². The zero-order valence-corrected chi connectivity index (χ0v) is 24.0. The Morgan fingerprint density at radius 3 is 2.37 bits per heavy atom. The Balaban J connectivity index is 1.17. The van der Waals surface area contributed by atoms with Gasteiger partial charge < -0.3 is 9.80 Å². The SMILES string of the molecule is CCN1C(=O)N(c2ccc(-c3cccc(C#N)c3)nc2Cl)C(=O)C12CCN(Cc1ccc(N3CCCC3)cc1)CC2. The van der Waals surface area contributed by atoms with Crippen molar-refractivity contribution in [1.29, 1.82) is 5.26 Å². The minimum atomic E-state index is -0.884. The number of halogens is 1. The molecule has 0 aliphatic carbocycles. The van der Waals surface area contributed by atoms with E-state index < -0.39 is 5.54 Å². The van der Waals surface area contributed by atoms with Gasteiger partial charge in [0.25, 0.3) is 5.91 Å². The number of carbonyl (C=O) groups is 2. The second-order valence-electron chi connectivity index (χ2n) is 11.0. The summed E-state index contributed by atoms with van der Waals surface area (Å²) in [5, 5.41) is 9.31. The minimum Gasteiger partial charge on any atom is -0.372 e. The summed E-state index contributed by atoms with van der Waals surface area (Å²) in [4.78, 5) is 39.8. The number of aromatic nitrogens is 1. The molecule has 3 fully saturated rings. The molecule has 3 aliphatic rings. The molecule has 41 heavy (non-hydrogen) atoms. The third-order valence-corrected chi connectivity index (χ3v) is 8.99. The first-order chi connectivity index (χ1) is 19.9. The van der Waals surface area contributed by atoms with Crippen LogP contribution in [0.15, 0.2) is 60.7 Å². The van der Waals surface area contributed by atoms with Crippen LogP contribution in [0.3, 0.4) is 0 Å². The smallest absolute Gasteiger partial charge is 0.332 e. The number of piperidine rings is 1. The van der Waals surface area contributed by atoms with Crippen LogP contribution in [0, 0.1) is 11.3 Å². The third kappa shape index (κ3) is 4.94. The zero-order chi connectivity index (χ0) is 28.6. The Hall–Kier alpha value is -3.93. The highest BCUT2D eigenvalue weighted by Gasteiger charge is 2.58. The van der Waals surface area contributed by atoms with E-state index in [-0.39, 0.29) is 22.8 Å². The van der Waals surface area contributed by atoms with Crippen LogP contribution in [-0.4, -0.2) is 65.0 Å². The van der Waals surface area contributed by atoms with Gasteiger partial charge in [-0.05, 0) is 74.6 Å². The Kier molecular flexibility index (Phi) is 7.41. The number of anilines is 2. The lowest BCUT2D eigenvalue weighted by molar-refractivity contribution is -0.127. The third-order valence-electron chi connectivity index (χ3n) is 8.71. The fourth-order valence-corrected chi connectivity index (χ4v) is 6.72. The van der Waals surface area contributed by atoms with Gasteiger partial charge in [-0.3, -0.25) is 9.69 Å². The zero-order valence-electron chi connectivity index (χ0n) is 23.2. The van der Waals surface area contributed by atoms with Gasteiger partial charge in [-0.2, -0.15) is 5.26 Å². The van der Waals surface area contributed by atoms with Gasteiger partial charge in [0, 0.05) is 50.5 Å². The molecule has 0 saturated carbocycles. The van der Waals surface area contributed by atoms with Gasteiger partial charge in [-0.25, -0.2) is 14.7 Å². The topological polar surface area (TPSA) is 83.8 Å². The van der Waals surface area contributed by atoms with E-state index in [1.165, 1.54) is 29.0 Å². The fraction of sp³-hybridized carbons (Fsp3) is 0.375. The number of carbonyl (C=O) groups excluding carboxylic acids is 2. The number of hydrogen-bond acceptors (Lipinski definition) is 6. The Bertz CT molecular complexity index is 1500. The normalized spacial score (nSPS) is 18.9. The molecule has 4 heterocycles. The molecule has 0 radical (unpaired) electrons. The van der Waals surface area contributed by atoms with Crippen LogP contribution in [0.2, 0.25) is 5.15 Å². The van der Waals surface area contributed by atoms with Gasteiger partial charge >= 0.3 is 6.03 Å². The maximum atomic E-state index is 14.0. The minimum absolute atomic E-state index is 0.0782. The number of imide groups is 1. The number of hydrogen-bond donors (Lipinski definition) is 0. The molecule has 0 atom stereocenters. The van der Waals surface area contributed by atoms with E-state index in [2.05, 4.69) is 45.1 Å². The van der Waals surface area contributed by atoms with Crippen molar-refractivity contribution in [3.63, 3.8) is 0 Å². The molecule has 0 bridgehead atoms. The van der Waals surface area contributed by atoms with Gasteiger partial charge in [0.05, 0.1) is 23.0 Å². The summed E-state index contributed by atoms with van der Waals surface area (Å²) < 4.78 is 0. The number of pyridine rings is 1. The lowest BCUT2D eigenvalue weighted by Crippen LogP contribution is -2.56. The molecule has 1 aromatic heterocycles. The van der Waals surface area contributed by atoms with Crippen molar-refractivity contribution < 1.29 is 9.59 Å². The van der Waals surface area contributed by atoms with Crippen molar-refractivity contribution in [1.82, 2.24) is 14.8 Å². The van der Waals surface area contributed by atoms with Crippen molar-refractivity contribution >= 4 is 34.9 Å². The fourth-order valence-electron chi connectivity index (χ4n) is 6.48. The predicted octanol–water partition coefficient (Wildman–Crippen LogP) is 5.70. The molecule has 0 unspecified atom stereocenters. The van der Waals surface area contributed by atoms with Crippen LogP contribution in [0.25, 0.3) is 11.3 Å². The summed E-state index contributed by atoms with van der Waals surface area (Å²) >= 11 is 6.60. The predicted molar refractivity (Wildman–Crippen MR) is 160 cm³/mol. The van der Waals surface area contributed by atoms with Crippen molar-refractivity contribution in [3.05, 3.63) is 76.9 Å². The second kappa shape index (κ2) is 11.2. The molecule has 3 saturated heterocycles. The van der Waals surface area contributed by atoms with Crippen LogP contribution in [0.1, 0.15) is 43.7 Å². The summed E-state index contributed by atoms with van der Waals surface area (Å²) in [6.07, 6.45) is 3.66. The van der Waals surface area contributed by atoms with Crippen molar-refractivity contribution in [2.24, 2.45) is 0 Å². The highest BCUT2D eigenvalue weighted by atomic mass is 35.5. The molecule has 3 aliphatic heterocycles. The average Bonchev–Trinajstić information content (AvgIpc) is 3.61. The monoisotopic (exact) mass is 568 g/mol. The van der Waals surface area contributed by atoms with Crippen molar-refractivity contribution in [2.75, 3.05) is 42.5 Å². The number of amides is 3. The molecule has 210 valence electrons. The number of benzene rings is 2. The van der Waals surface area contributed by atoms with Crippen molar-refractivity contribution in [3.8, 4) is 17.3 Å². The van der Waals surface area contributed by atoms with Crippen LogP contribution in [-0.2, 0) is 11.3 Å². The van der Waals surface area contributed by atoms with E-state index >= 15 is 0 Å². The summed E-state index contributed by atoms with van der Waals surface area (Å²) in [5.41, 5.74) is 3.77. The Morgan fingerprint density at radius 1 is 0.976 bits per heavy atom. The van der Waals surface area contributed by atoms with E-state index in [0.29, 0.717) is 30.6 Å². The highest BCUT2D eigenvalue weighted by Crippen LogP contribution is 2.41. The molecular weight excluding hydrogens is 536 g/mol. The molecule has 3 aromatic rings. The lowest BCUT2D eigenvalue weighted by Gasteiger charge is -2.41. The molecular formula is C32H33ClN6O2. The second-order valence-corrected chi connectivity index (χ2v) is 11.4. The number of likely N-dealkylation sites (tertiary alicyclic amines) is 1. The summed E-state index contributed by atoms with van der Waals surface area (Å²) in [6.45, 7) is 6.87. The van der Waals surface area contributed by atoms with Crippen LogP contribution >= 0.6 is 11.6 Å². The van der Waals surface area contributed by atoms with Crippen LogP contribution < -0.4 is 9.80 Å². The first kappa shape index (κ1) is 27.3. The molecule has 9 heteroatoms. The van der Waals surface area contributed by atoms with Crippen LogP contribution in [0.4, 0.5) is 16.2 Å².